The van der Waals surface area contributed by atoms with E-state index in [2.05, 4.69) is 15.6 Å². The second-order valence-corrected chi connectivity index (χ2v) is 3.76. The molecule has 1 aromatic heterocycles. The van der Waals surface area contributed by atoms with E-state index in [-0.39, 0.29) is 0 Å². The van der Waals surface area contributed by atoms with Crippen LogP contribution in [0.25, 0.3) is 0 Å². The Morgan fingerprint density at radius 3 is 2.94 bits per heavy atom. The minimum atomic E-state index is -0.488. The van der Waals surface area contributed by atoms with Crippen molar-refractivity contribution in [1.82, 2.24) is 15.0 Å². The van der Waals surface area contributed by atoms with E-state index < -0.39 is 5.91 Å². The number of anilines is 2. The molecule has 0 bridgehead atoms. The molecular weight excluding hydrogens is 232 g/mol. The molecule has 1 amide bonds. The van der Waals surface area contributed by atoms with E-state index in [9.17, 15) is 4.79 Å². The SMILES string of the molecule is NC(=O)c1ccc(N)cc1NCCn1ccnn1. The van der Waals surface area contributed by atoms with Gasteiger partial charge in [-0.2, -0.15) is 0 Å². The largest absolute Gasteiger partial charge is 0.399 e. The number of primary amides is 1. The van der Waals surface area contributed by atoms with Gasteiger partial charge < -0.3 is 16.8 Å². The summed E-state index contributed by atoms with van der Waals surface area (Å²) >= 11 is 0. The van der Waals surface area contributed by atoms with Crippen molar-refractivity contribution in [3.8, 4) is 0 Å². The van der Waals surface area contributed by atoms with Crippen LogP contribution in [-0.4, -0.2) is 27.4 Å². The molecule has 2 rings (SSSR count). The van der Waals surface area contributed by atoms with Gasteiger partial charge in [0, 0.05) is 24.1 Å². The number of rotatable bonds is 5. The monoisotopic (exact) mass is 246 g/mol. The topological polar surface area (TPSA) is 112 Å². The molecule has 0 aliphatic rings. The molecule has 0 aliphatic carbocycles. The van der Waals surface area contributed by atoms with Gasteiger partial charge >= 0.3 is 0 Å². The predicted octanol–water partition coefficient (Wildman–Crippen LogP) is 0.0713. The van der Waals surface area contributed by atoms with E-state index >= 15 is 0 Å². The number of amides is 1. The summed E-state index contributed by atoms with van der Waals surface area (Å²) in [7, 11) is 0. The van der Waals surface area contributed by atoms with E-state index in [4.69, 9.17) is 11.5 Å². The zero-order chi connectivity index (χ0) is 13.0. The average Bonchev–Trinajstić information content (AvgIpc) is 2.82. The maximum atomic E-state index is 11.2. The van der Waals surface area contributed by atoms with Crippen LogP contribution in [0, 0.1) is 0 Å². The highest BCUT2D eigenvalue weighted by atomic mass is 16.1. The van der Waals surface area contributed by atoms with Crippen LogP contribution in [0.5, 0.6) is 0 Å². The van der Waals surface area contributed by atoms with Gasteiger partial charge in [0.2, 0.25) is 0 Å². The van der Waals surface area contributed by atoms with Gasteiger partial charge in [-0.05, 0) is 18.2 Å². The fraction of sp³-hybridized carbons (Fsp3) is 0.182. The van der Waals surface area contributed by atoms with Gasteiger partial charge in [0.1, 0.15) is 0 Å². The molecule has 0 spiro atoms. The summed E-state index contributed by atoms with van der Waals surface area (Å²) in [4.78, 5) is 11.2. The lowest BCUT2D eigenvalue weighted by Crippen LogP contribution is -2.17. The zero-order valence-electron chi connectivity index (χ0n) is 9.71. The molecule has 0 aliphatic heterocycles. The van der Waals surface area contributed by atoms with E-state index in [1.54, 1.807) is 35.3 Å². The highest BCUT2D eigenvalue weighted by Crippen LogP contribution is 2.18. The van der Waals surface area contributed by atoms with Crippen LogP contribution >= 0.6 is 0 Å². The lowest BCUT2D eigenvalue weighted by molar-refractivity contribution is 0.100. The van der Waals surface area contributed by atoms with Crippen molar-refractivity contribution in [3.05, 3.63) is 36.2 Å². The maximum Gasteiger partial charge on any atom is 0.250 e. The zero-order valence-corrected chi connectivity index (χ0v) is 9.71. The van der Waals surface area contributed by atoms with Gasteiger partial charge in [-0.1, -0.05) is 5.21 Å². The van der Waals surface area contributed by atoms with Crippen LogP contribution in [-0.2, 0) is 6.54 Å². The quantitative estimate of drug-likeness (QED) is 0.646. The number of nitrogens with zero attached hydrogens (tertiary/aromatic N) is 3. The molecule has 7 heteroatoms. The van der Waals surface area contributed by atoms with Crippen LogP contribution in [0.1, 0.15) is 10.4 Å². The van der Waals surface area contributed by atoms with Crippen LogP contribution in [0.15, 0.2) is 30.6 Å². The first-order chi connectivity index (χ1) is 8.66. The van der Waals surface area contributed by atoms with Gasteiger partial charge in [-0.15, -0.1) is 5.10 Å². The number of hydrogen-bond donors (Lipinski definition) is 3. The third-order valence-electron chi connectivity index (χ3n) is 2.44. The summed E-state index contributed by atoms with van der Waals surface area (Å²) in [6.07, 6.45) is 3.37. The summed E-state index contributed by atoms with van der Waals surface area (Å²) in [6.45, 7) is 1.22. The summed E-state index contributed by atoms with van der Waals surface area (Å²) in [5.74, 6) is -0.488. The Morgan fingerprint density at radius 1 is 1.44 bits per heavy atom. The molecule has 0 unspecified atom stereocenters. The van der Waals surface area contributed by atoms with Crippen LogP contribution in [0.2, 0.25) is 0 Å². The molecule has 0 atom stereocenters. The van der Waals surface area contributed by atoms with Gasteiger partial charge in [0.15, 0.2) is 0 Å². The molecule has 0 radical (unpaired) electrons. The van der Waals surface area contributed by atoms with Crippen molar-refractivity contribution < 1.29 is 4.79 Å². The first kappa shape index (κ1) is 11.9. The molecule has 18 heavy (non-hydrogen) atoms. The minimum Gasteiger partial charge on any atom is -0.399 e. The lowest BCUT2D eigenvalue weighted by atomic mass is 10.1. The van der Waals surface area contributed by atoms with Gasteiger partial charge in [0.25, 0.3) is 5.91 Å². The number of hydrogen-bond acceptors (Lipinski definition) is 5. The van der Waals surface area contributed by atoms with Crippen LogP contribution in [0.4, 0.5) is 11.4 Å². The highest BCUT2D eigenvalue weighted by Gasteiger charge is 2.07. The molecular formula is C11H14N6O. The Morgan fingerprint density at radius 2 is 2.28 bits per heavy atom. The second kappa shape index (κ2) is 5.17. The Bertz CT molecular complexity index is 536. The molecule has 0 saturated heterocycles. The third kappa shape index (κ3) is 2.76. The third-order valence-corrected chi connectivity index (χ3v) is 2.44. The molecule has 94 valence electrons. The van der Waals surface area contributed by atoms with E-state index in [1.165, 1.54) is 0 Å². The first-order valence-electron chi connectivity index (χ1n) is 5.44. The Kier molecular flexibility index (Phi) is 3.42. The first-order valence-corrected chi connectivity index (χ1v) is 5.44. The highest BCUT2D eigenvalue weighted by molar-refractivity contribution is 5.99. The molecule has 2 aromatic rings. The summed E-state index contributed by atoms with van der Waals surface area (Å²) in [5, 5.41) is 10.6. The second-order valence-electron chi connectivity index (χ2n) is 3.76. The number of benzene rings is 1. The number of carbonyl (C=O) groups excluding carboxylic acids is 1. The lowest BCUT2D eigenvalue weighted by Gasteiger charge is -2.10. The van der Waals surface area contributed by atoms with Gasteiger partial charge in [-0.25, -0.2) is 0 Å². The molecule has 1 heterocycles. The summed E-state index contributed by atoms with van der Waals surface area (Å²) < 4.78 is 1.68. The smallest absolute Gasteiger partial charge is 0.250 e. The molecule has 0 fully saturated rings. The number of aromatic nitrogens is 3. The number of carbonyl (C=O) groups is 1. The maximum absolute atomic E-state index is 11.2. The van der Waals surface area contributed by atoms with Crippen molar-refractivity contribution >= 4 is 17.3 Å². The van der Waals surface area contributed by atoms with Crippen molar-refractivity contribution in [1.29, 1.82) is 0 Å². The standard InChI is InChI=1S/C11H14N6O/c12-8-1-2-9(11(13)18)10(7-8)14-3-5-17-6-4-15-16-17/h1-2,4,6-7,14H,3,5,12H2,(H2,13,18). The van der Waals surface area contributed by atoms with Crippen molar-refractivity contribution in [3.63, 3.8) is 0 Å². The molecule has 0 saturated carbocycles. The minimum absolute atomic E-state index is 0.419. The normalized spacial score (nSPS) is 10.2. The van der Waals surface area contributed by atoms with E-state index in [0.717, 1.165) is 0 Å². The molecule has 5 N–H and O–H groups in total. The van der Waals surface area contributed by atoms with E-state index in [1.807, 2.05) is 0 Å². The summed E-state index contributed by atoms with van der Waals surface area (Å²) in [5.41, 5.74) is 12.6. The predicted molar refractivity (Wildman–Crippen MR) is 67.9 cm³/mol. The summed E-state index contributed by atoms with van der Waals surface area (Å²) in [6, 6.07) is 4.93. The number of nitrogens with one attached hydrogen (secondary N) is 1. The van der Waals surface area contributed by atoms with Crippen molar-refractivity contribution in [2.24, 2.45) is 5.73 Å². The van der Waals surface area contributed by atoms with Gasteiger partial charge in [0.05, 0.1) is 18.3 Å². The number of nitrogen functional groups attached to an aromatic ring is 1. The fourth-order valence-electron chi connectivity index (χ4n) is 1.58. The van der Waals surface area contributed by atoms with E-state index in [0.29, 0.717) is 30.0 Å². The van der Waals surface area contributed by atoms with Crippen molar-refractivity contribution in [2.75, 3.05) is 17.6 Å². The van der Waals surface area contributed by atoms with Crippen molar-refractivity contribution in [2.45, 2.75) is 6.54 Å². The van der Waals surface area contributed by atoms with Crippen LogP contribution in [0.3, 0.4) is 0 Å². The Hall–Kier alpha value is -2.57. The van der Waals surface area contributed by atoms with Crippen LogP contribution < -0.4 is 16.8 Å². The fourth-order valence-corrected chi connectivity index (χ4v) is 1.58. The molecule has 1 aromatic carbocycles. The average molecular weight is 246 g/mol. The molecule has 7 nitrogen and oxygen atoms in total. The number of nitrogens with two attached hydrogens (primary N) is 2. The Labute approximate surface area is 104 Å². The Balaban J connectivity index is 2.03. The van der Waals surface area contributed by atoms with Gasteiger partial charge in [-0.3, -0.25) is 9.48 Å².